The second-order valence-corrected chi connectivity index (χ2v) is 10.8. The van der Waals surface area contributed by atoms with Gasteiger partial charge in [-0.05, 0) is 37.3 Å². The van der Waals surface area contributed by atoms with Crippen LogP contribution in [0.5, 0.6) is 5.75 Å². The molecule has 0 saturated heterocycles. The average Bonchev–Trinajstić information content (AvgIpc) is 2.80. The van der Waals surface area contributed by atoms with E-state index < -0.39 is 16.1 Å². The highest BCUT2D eigenvalue weighted by atomic mass is 32.2. The van der Waals surface area contributed by atoms with Crippen molar-refractivity contribution >= 4 is 21.6 Å². The summed E-state index contributed by atoms with van der Waals surface area (Å²) in [7, 11) is 1.61. The van der Waals surface area contributed by atoms with E-state index in [0.717, 1.165) is 5.69 Å². The molecular formula is C24H33N3O5S. The Hall–Kier alpha value is -2.62. The SMILES string of the molecule is C[C@@H]1CN([C@@H](C)CO)C(=O)c2cc(N(C)C)ccc2O[C@@H]1CN(C)S(=O)(=O)c1ccccc1. The minimum atomic E-state index is -3.70. The topological polar surface area (TPSA) is 90.4 Å². The number of anilines is 1. The lowest BCUT2D eigenvalue weighted by Crippen LogP contribution is -2.50. The molecule has 0 unspecified atom stereocenters. The lowest BCUT2D eigenvalue weighted by atomic mass is 9.99. The van der Waals surface area contributed by atoms with E-state index in [0.29, 0.717) is 17.9 Å². The van der Waals surface area contributed by atoms with Gasteiger partial charge in [0.1, 0.15) is 11.9 Å². The van der Waals surface area contributed by atoms with E-state index in [1.807, 2.05) is 32.0 Å². The number of amides is 1. The molecule has 0 fully saturated rings. The summed E-state index contributed by atoms with van der Waals surface area (Å²) in [5, 5.41) is 9.77. The third-order valence-corrected chi connectivity index (χ3v) is 7.89. The number of rotatable bonds is 7. The van der Waals surface area contributed by atoms with Crippen LogP contribution in [0.4, 0.5) is 5.69 Å². The van der Waals surface area contributed by atoms with Gasteiger partial charge in [0.15, 0.2) is 0 Å². The molecule has 0 aliphatic carbocycles. The van der Waals surface area contributed by atoms with Crippen LogP contribution in [0.3, 0.4) is 0 Å². The Morgan fingerprint density at radius 1 is 1.15 bits per heavy atom. The van der Waals surface area contributed by atoms with E-state index in [2.05, 4.69) is 0 Å². The zero-order chi connectivity index (χ0) is 24.3. The Bertz CT molecular complexity index is 1070. The molecular weight excluding hydrogens is 442 g/mol. The number of nitrogens with zero attached hydrogens (tertiary/aromatic N) is 3. The maximum Gasteiger partial charge on any atom is 0.258 e. The molecule has 2 aromatic carbocycles. The Kier molecular flexibility index (Phi) is 7.66. The quantitative estimate of drug-likeness (QED) is 0.661. The predicted molar refractivity (Wildman–Crippen MR) is 128 cm³/mol. The second-order valence-electron chi connectivity index (χ2n) is 8.80. The molecule has 1 aliphatic heterocycles. The van der Waals surface area contributed by atoms with Gasteiger partial charge in [-0.1, -0.05) is 25.1 Å². The number of fused-ring (bicyclic) bond motifs is 1. The third kappa shape index (κ3) is 5.31. The van der Waals surface area contributed by atoms with Crippen LogP contribution in [0.25, 0.3) is 0 Å². The minimum Gasteiger partial charge on any atom is -0.488 e. The standard InChI is InChI=1S/C24H33N3O5S/c1-17-14-27(18(2)16-28)24(29)21-13-19(25(3)4)11-12-22(21)32-23(17)15-26(5)33(30,31)20-9-7-6-8-10-20/h6-13,17-18,23,28H,14-16H2,1-5H3/t17-,18+,23-/m1/s1. The largest absolute Gasteiger partial charge is 0.488 e. The van der Waals surface area contributed by atoms with E-state index in [1.165, 1.54) is 11.4 Å². The summed E-state index contributed by atoms with van der Waals surface area (Å²) in [6.45, 7) is 3.99. The highest BCUT2D eigenvalue weighted by Crippen LogP contribution is 2.31. The zero-order valence-corrected chi connectivity index (χ0v) is 20.6. The van der Waals surface area contributed by atoms with Gasteiger partial charge in [0, 0.05) is 39.3 Å². The lowest BCUT2D eigenvalue weighted by Gasteiger charge is -2.38. The molecule has 9 heteroatoms. The first kappa shape index (κ1) is 25.0. The molecule has 0 radical (unpaired) electrons. The van der Waals surface area contributed by atoms with Crippen molar-refractivity contribution in [1.29, 1.82) is 0 Å². The smallest absolute Gasteiger partial charge is 0.258 e. The van der Waals surface area contributed by atoms with E-state index in [9.17, 15) is 18.3 Å². The Labute approximate surface area is 196 Å². The number of likely N-dealkylation sites (N-methyl/N-ethyl adjacent to an activating group) is 1. The Morgan fingerprint density at radius 2 is 1.82 bits per heavy atom. The number of sulfonamides is 1. The molecule has 1 aliphatic rings. The molecule has 0 aromatic heterocycles. The molecule has 2 aromatic rings. The summed E-state index contributed by atoms with van der Waals surface area (Å²) < 4.78 is 33.7. The number of ether oxygens (including phenoxy) is 1. The van der Waals surface area contributed by atoms with Gasteiger partial charge in [-0.2, -0.15) is 4.31 Å². The van der Waals surface area contributed by atoms with Crippen LogP contribution in [0.1, 0.15) is 24.2 Å². The van der Waals surface area contributed by atoms with Crippen LogP contribution < -0.4 is 9.64 Å². The van der Waals surface area contributed by atoms with Crippen molar-refractivity contribution in [1.82, 2.24) is 9.21 Å². The fourth-order valence-corrected chi connectivity index (χ4v) is 5.03. The summed E-state index contributed by atoms with van der Waals surface area (Å²) in [5.74, 6) is 0.00617. The first-order chi connectivity index (χ1) is 15.6. The van der Waals surface area contributed by atoms with Gasteiger partial charge in [-0.15, -0.1) is 0 Å². The molecule has 1 N–H and O–H groups in total. The predicted octanol–water partition coefficient (Wildman–Crippen LogP) is 2.29. The van der Waals surface area contributed by atoms with Crippen LogP contribution >= 0.6 is 0 Å². The van der Waals surface area contributed by atoms with Crippen LogP contribution in [-0.2, 0) is 10.0 Å². The minimum absolute atomic E-state index is 0.114. The maximum absolute atomic E-state index is 13.4. The number of aliphatic hydroxyl groups is 1. The molecule has 0 bridgehead atoms. The van der Waals surface area contributed by atoms with Gasteiger partial charge in [0.05, 0.1) is 29.7 Å². The Morgan fingerprint density at radius 3 is 2.42 bits per heavy atom. The summed E-state index contributed by atoms with van der Waals surface area (Å²) >= 11 is 0. The molecule has 1 heterocycles. The summed E-state index contributed by atoms with van der Waals surface area (Å²) in [6, 6.07) is 13.3. The summed E-state index contributed by atoms with van der Waals surface area (Å²) in [6.07, 6.45) is -0.501. The number of carbonyl (C=O) groups is 1. The first-order valence-corrected chi connectivity index (χ1v) is 12.4. The molecule has 3 atom stereocenters. The van der Waals surface area contributed by atoms with E-state index in [1.54, 1.807) is 54.3 Å². The van der Waals surface area contributed by atoms with Crippen molar-refractivity contribution in [2.45, 2.75) is 30.9 Å². The second kappa shape index (κ2) is 10.1. The third-order valence-electron chi connectivity index (χ3n) is 6.05. The molecule has 0 spiro atoms. The van der Waals surface area contributed by atoms with Crippen LogP contribution in [0, 0.1) is 5.92 Å². The van der Waals surface area contributed by atoms with Crippen LogP contribution in [0.2, 0.25) is 0 Å². The normalized spacial score (nSPS) is 20.0. The highest BCUT2D eigenvalue weighted by molar-refractivity contribution is 7.89. The first-order valence-electron chi connectivity index (χ1n) is 11.0. The van der Waals surface area contributed by atoms with Crippen molar-refractivity contribution in [3.05, 3.63) is 54.1 Å². The molecule has 180 valence electrons. The number of carbonyl (C=O) groups excluding carboxylic acids is 1. The van der Waals surface area contributed by atoms with Crippen molar-refractivity contribution < 1.29 is 23.1 Å². The van der Waals surface area contributed by atoms with Crippen molar-refractivity contribution in [2.75, 3.05) is 45.7 Å². The van der Waals surface area contributed by atoms with Crippen molar-refractivity contribution in [3.8, 4) is 5.75 Å². The van der Waals surface area contributed by atoms with Crippen molar-refractivity contribution in [3.63, 3.8) is 0 Å². The molecule has 0 saturated carbocycles. The lowest BCUT2D eigenvalue weighted by molar-refractivity contribution is 0.0387. The van der Waals surface area contributed by atoms with E-state index in [-0.39, 0.29) is 35.9 Å². The van der Waals surface area contributed by atoms with Crippen LogP contribution in [-0.4, -0.2) is 81.6 Å². The van der Waals surface area contributed by atoms with Crippen LogP contribution in [0.15, 0.2) is 53.4 Å². The average molecular weight is 476 g/mol. The fraction of sp³-hybridized carbons (Fsp3) is 0.458. The van der Waals surface area contributed by atoms with E-state index >= 15 is 0 Å². The monoisotopic (exact) mass is 475 g/mol. The highest BCUT2D eigenvalue weighted by Gasteiger charge is 2.35. The van der Waals surface area contributed by atoms with Gasteiger partial charge >= 0.3 is 0 Å². The van der Waals surface area contributed by atoms with Gasteiger partial charge < -0.3 is 19.6 Å². The van der Waals surface area contributed by atoms with Gasteiger partial charge in [0.2, 0.25) is 10.0 Å². The van der Waals surface area contributed by atoms with Gasteiger partial charge in [-0.25, -0.2) is 8.42 Å². The number of benzene rings is 2. The molecule has 8 nitrogen and oxygen atoms in total. The maximum atomic E-state index is 13.4. The van der Waals surface area contributed by atoms with E-state index in [4.69, 9.17) is 4.74 Å². The number of hydrogen-bond donors (Lipinski definition) is 1. The number of aliphatic hydroxyl groups excluding tert-OH is 1. The fourth-order valence-electron chi connectivity index (χ4n) is 3.83. The number of hydrogen-bond acceptors (Lipinski definition) is 6. The molecule has 3 rings (SSSR count). The zero-order valence-electron chi connectivity index (χ0n) is 19.8. The Balaban J connectivity index is 1.98. The summed E-state index contributed by atoms with van der Waals surface area (Å²) in [5.41, 5.74) is 1.24. The molecule has 1 amide bonds. The van der Waals surface area contributed by atoms with Gasteiger partial charge in [0.25, 0.3) is 5.91 Å². The summed E-state index contributed by atoms with van der Waals surface area (Å²) in [4.78, 5) is 17.1. The molecule has 33 heavy (non-hydrogen) atoms. The van der Waals surface area contributed by atoms with Crippen molar-refractivity contribution in [2.24, 2.45) is 5.92 Å². The van der Waals surface area contributed by atoms with Gasteiger partial charge in [-0.3, -0.25) is 4.79 Å².